The van der Waals surface area contributed by atoms with Gasteiger partial charge in [0.15, 0.2) is 0 Å². The molecule has 0 unspecified atom stereocenters. The maximum Gasteiger partial charge on any atom is 3.00 e. The van der Waals surface area contributed by atoms with Crippen LogP contribution in [0.25, 0.3) is 0 Å². The molecule has 8 heavy (non-hydrogen) atoms. The zero-order valence-electron chi connectivity index (χ0n) is 3.75. The molecule has 0 amide bonds. The van der Waals surface area contributed by atoms with E-state index in [0.717, 1.165) is 0 Å². The quantitative estimate of drug-likeness (QED) is 0.413. The van der Waals surface area contributed by atoms with Crippen LogP contribution in [0.1, 0.15) is 0 Å². The summed E-state index contributed by atoms with van der Waals surface area (Å²) in [5, 5.41) is 0. The van der Waals surface area contributed by atoms with Gasteiger partial charge in [0.2, 0.25) is 0 Å². The van der Waals surface area contributed by atoms with Crippen molar-refractivity contribution in [2.75, 3.05) is 0 Å². The van der Waals surface area contributed by atoms with Crippen LogP contribution >= 0.6 is 0 Å². The van der Waals surface area contributed by atoms with E-state index < -0.39 is 9.05 Å². The molecule has 5 radical (unpaired) electrons. The summed E-state index contributed by atoms with van der Waals surface area (Å²) >= 11 is 0. The van der Waals surface area contributed by atoms with Gasteiger partial charge in [0.1, 0.15) is 0 Å². The van der Waals surface area contributed by atoms with Gasteiger partial charge in [-0.1, -0.05) is 0 Å². The minimum Gasteiger partial charge on any atom is -0.894 e. The molecule has 0 aromatic carbocycles. The van der Waals surface area contributed by atoms with Crippen molar-refractivity contribution in [3.63, 3.8) is 0 Å². The van der Waals surface area contributed by atoms with E-state index in [-0.39, 0.29) is 84.1 Å². The van der Waals surface area contributed by atoms with Gasteiger partial charge in [0, 0.05) is 0 Å². The second-order valence-corrected chi connectivity index (χ2v) is 1.50. The summed E-state index contributed by atoms with van der Waals surface area (Å²) in [6, 6.07) is 0. The molecule has 0 saturated heterocycles. The first-order valence-electron chi connectivity index (χ1n) is 0.816. The second kappa shape index (κ2) is 9.63. The minimum absolute atomic E-state index is 0. The zero-order chi connectivity index (χ0) is 4.50. The largest absolute Gasteiger partial charge is 3.00 e. The predicted octanol–water partition coefficient (Wildman–Crippen LogP) is -5.64. The Morgan fingerprint density at radius 3 is 0.875 bits per heavy atom. The third-order valence-corrected chi connectivity index (χ3v) is 0. The maximum atomic E-state index is 8.58. The van der Waals surface area contributed by atoms with Crippen molar-refractivity contribution in [1.82, 2.24) is 0 Å². The van der Waals surface area contributed by atoms with Crippen LogP contribution in [0.4, 0.5) is 0 Å². The van der Waals surface area contributed by atoms with Gasteiger partial charge < -0.3 is 28.2 Å². The molecule has 5 nitrogen and oxygen atoms in total. The van der Waals surface area contributed by atoms with Gasteiger partial charge in [0.25, 0.3) is 0 Å². The normalized spacial score (nSPS) is 7.50. The van der Waals surface area contributed by atoms with Gasteiger partial charge in [-0.25, -0.2) is 0 Å². The third-order valence-electron chi connectivity index (χ3n) is 0. The van der Waals surface area contributed by atoms with Gasteiger partial charge in [-0.15, -0.1) is 0 Å². The van der Waals surface area contributed by atoms with Gasteiger partial charge >= 0.3 is 84.1 Å². The first-order chi connectivity index (χ1) is 2.00. The third kappa shape index (κ3) is 72.7. The first-order valence-corrected chi connectivity index (χ1v) is 2.45. The number of hydrogen-bond donors (Lipinski definition) is 0. The maximum absolute atomic E-state index is 8.58. The van der Waals surface area contributed by atoms with Crippen molar-refractivity contribution in [2.24, 2.45) is 0 Å². The average Bonchev–Trinajstić information content (AvgIpc) is 0.722. The molecule has 0 aliphatic heterocycles. The summed E-state index contributed by atoms with van der Waals surface area (Å²) in [6.45, 7) is 0. The fourth-order valence-electron chi connectivity index (χ4n) is 0. The summed E-state index contributed by atoms with van der Waals surface area (Å²) in [6.07, 6.45) is 0. The Morgan fingerprint density at radius 1 is 0.875 bits per heavy atom. The summed E-state index contributed by atoms with van der Waals surface area (Å²) in [5.74, 6) is 0. The molecule has 0 fully saturated rings. The zero-order valence-corrected chi connectivity index (χ0v) is 10.2. The molecule has 37 valence electrons. The monoisotopic (exact) mass is 290 g/mol. The second-order valence-electron chi connectivity index (χ2n) is 0.500. The Morgan fingerprint density at radius 2 is 0.875 bits per heavy atom. The van der Waals surface area contributed by atoms with Crippen molar-refractivity contribution < 1.29 is 65.5 Å². The first kappa shape index (κ1) is 22.4. The molecule has 0 aliphatic rings. The van der Waals surface area contributed by atoms with E-state index in [2.05, 4.69) is 0 Å². The van der Waals surface area contributed by atoms with Crippen LogP contribution in [0.5, 0.6) is 0 Å². The van der Waals surface area contributed by atoms with E-state index in [0.29, 0.717) is 0 Å². The molecule has 8 heteroatoms. The van der Waals surface area contributed by atoms with Gasteiger partial charge in [-0.3, -0.25) is 0 Å². The Kier molecular flexibility index (Phi) is 27.0. The molecule has 0 N–H and O–H groups in total. The van der Waals surface area contributed by atoms with E-state index in [1.807, 2.05) is 0 Å². The number of hydrogen-bond acceptors (Lipinski definition) is 4. The summed E-state index contributed by atoms with van der Waals surface area (Å²) in [4.78, 5) is 34.3. The number of rotatable bonds is 0. The Bertz CT molecular complexity index is 27.9. The van der Waals surface area contributed by atoms with Gasteiger partial charge in [-0.05, 0) is 0 Å². The summed E-state index contributed by atoms with van der Waals surface area (Å²) in [7, 11) is -5.61. The molecule has 0 aromatic rings. The van der Waals surface area contributed by atoms with Crippen molar-refractivity contribution in [2.45, 2.75) is 0 Å². The van der Waals surface area contributed by atoms with E-state index >= 15 is 0 Å². The molecular weight excluding hydrogens is 292 g/mol. The molecule has 0 saturated carbocycles. The molecule has 0 atom stereocenters. The SMILES string of the molecule is [Ca+2].[Nd+3].[O+2].[O-][Si]([O-])([O-])[O-]. The smallest absolute Gasteiger partial charge is 0.894 e. The van der Waals surface area contributed by atoms with Crippen molar-refractivity contribution >= 4 is 46.8 Å². The van der Waals surface area contributed by atoms with Gasteiger partial charge in [0.05, 0.1) is 0 Å². The van der Waals surface area contributed by atoms with Crippen LogP contribution in [0.3, 0.4) is 0 Å². The van der Waals surface area contributed by atoms with E-state index in [9.17, 15) is 0 Å². The topological polar surface area (TPSA) is 121 Å². The van der Waals surface area contributed by atoms with Crippen molar-refractivity contribution in [1.29, 1.82) is 0 Å². The fourth-order valence-corrected chi connectivity index (χ4v) is 0. The van der Waals surface area contributed by atoms with Gasteiger partial charge in [-0.2, -0.15) is 0 Å². The molecule has 0 rings (SSSR count). The molecule has 0 spiro atoms. The van der Waals surface area contributed by atoms with Crippen LogP contribution in [0.15, 0.2) is 0 Å². The summed E-state index contributed by atoms with van der Waals surface area (Å²) < 4.78 is 0. The average molecular weight is 292 g/mol. The van der Waals surface area contributed by atoms with Crippen LogP contribution in [0.2, 0.25) is 0 Å². The van der Waals surface area contributed by atoms with E-state index in [1.165, 1.54) is 0 Å². The van der Waals surface area contributed by atoms with Crippen LogP contribution in [-0.4, -0.2) is 46.8 Å². The molecule has 0 aliphatic carbocycles. The Balaban J connectivity index is -0.0000000267. The van der Waals surface area contributed by atoms with E-state index in [1.54, 1.807) is 0 Å². The predicted molar refractivity (Wildman–Crippen MR) is 12.2 cm³/mol. The standard InChI is InChI=1S/Ca.Nd.O4Si.O/c;;1-5(2,3)4;/q+2;+3;-4;+2. The summed E-state index contributed by atoms with van der Waals surface area (Å²) in [5.41, 5.74) is 0. The van der Waals surface area contributed by atoms with Crippen LogP contribution in [0, 0.1) is 40.8 Å². The Labute approximate surface area is 110 Å². The van der Waals surface area contributed by atoms with Crippen molar-refractivity contribution in [3.8, 4) is 0 Å². The molecule has 0 bridgehead atoms. The van der Waals surface area contributed by atoms with Crippen molar-refractivity contribution in [3.05, 3.63) is 0 Å². The molecule has 0 heterocycles. The van der Waals surface area contributed by atoms with Crippen LogP contribution in [-0.2, 0) is 5.48 Å². The molecule has 0 aromatic heterocycles. The fraction of sp³-hybridized carbons (Fsp3) is 0. The Hall–Kier alpha value is 2.63. The molecular formula is CaNdO5Si+3. The minimum atomic E-state index is -5.61. The van der Waals surface area contributed by atoms with E-state index in [4.69, 9.17) is 19.2 Å². The van der Waals surface area contributed by atoms with Crippen LogP contribution < -0.4 is 19.2 Å².